The summed E-state index contributed by atoms with van der Waals surface area (Å²) < 4.78 is 1.29. The van der Waals surface area contributed by atoms with Crippen molar-refractivity contribution in [3.8, 4) is 0 Å². The lowest BCUT2D eigenvalue weighted by Crippen LogP contribution is -2.21. The van der Waals surface area contributed by atoms with Crippen molar-refractivity contribution in [2.45, 2.75) is 72.6 Å². The molecule has 4 heteroatoms. The Hall–Kier alpha value is -2.85. The molecule has 0 amide bonds. The molecule has 0 fully saturated rings. The van der Waals surface area contributed by atoms with Crippen LogP contribution in [0.3, 0.4) is 0 Å². The van der Waals surface area contributed by atoms with Crippen LogP contribution < -0.4 is 10.7 Å². The molecule has 0 saturated carbocycles. The van der Waals surface area contributed by atoms with Crippen LogP contribution in [0, 0.1) is 6.92 Å². The highest BCUT2D eigenvalue weighted by Gasteiger charge is 2.12. The van der Waals surface area contributed by atoms with Gasteiger partial charge in [0.15, 0.2) is 0 Å². The Kier molecular flexibility index (Phi) is 8.96. The molecule has 35 heavy (non-hydrogen) atoms. The van der Waals surface area contributed by atoms with Crippen LogP contribution in [-0.2, 0) is 5.41 Å². The van der Waals surface area contributed by atoms with E-state index in [1.807, 2.05) is 5.51 Å². The van der Waals surface area contributed by atoms with Gasteiger partial charge in [-0.3, -0.25) is 9.98 Å². The second kappa shape index (κ2) is 11.7. The fraction of sp³-hybridized carbons (Fsp3) is 0.387. The third-order valence-corrected chi connectivity index (χ3v) is 6.88. The molecule has 0 radical (unpaired) electrons. The van der Waals surface area contributed by atoms with E-state index in [1.54, 1.807) is 11.3 Å². The molecule has 0 spiro atoms. The summed E-state index contributed by atoms with van der Waals surface area (Å²) in [5.41, 5.74) is 8.77. The number of aryl methyl sites for hydroxylation is 1. The molecule has 1 aliphatic heterocycles. The van der Waals surface area contributed by atoms with E-state index in [-0.39, 0.29) is 5.41 Å². The fourth-order valence-electron chi connectivity index (χ4n) is 3.63. The minimum atomic E-state index is 0.285. The van der Waals surface area contributed by atoms with Crippen molar-refractivity contribution >= 4 is 21.6 Å². The van der Waals surface area contributed by atoms with Gasteiger partial charge in [0.1, 0.15) is 6.67 Å². The van der Waals surface area contributed by atoms with Gasteiger partial charge in [-0.05, 0) is 65.1 Å². The number of rotatable bonds is 2. The second-order valence-electron chi connectivity index (χ2n) is 10.7. The van der Waals surface area contributed by atoms with Gasteiger partial charge in [-0.25, -0.2) is 4.98 Å². The Morgan fingerprint density at radius 3 is 1.97 bits per heavy atom. The number of hydrogen-bond acceptors (Lipinski definition) is 4. The highest BCUT2D eigenvalue weighted by Crippen LogP contribution is 2.23. The lowest BCUT2D eigenvalue weighted by Gasteiger charge is -2.18. The summed E-state index contributed by atoms with van der Waals surface area (Å²) in [5.74, 6) is 1.18. The molecular formula is C31H39N3S. The molecule has 0 aliphatic carbocycles. The molecule has 5 rings (SSSR count). The van der Waals surface area contributed by atoms with E-state index < -0.39 is 0 Å². The Morgan fingerprint density at radius 1 is 0.743 bits per heavy atom. The topological polar surface area (TPSA) is 37.6 Å². The van der Waals surface area contributed by atoms with E-state index in [9.17, 15) is 0 Å². The van der Waals surface area contributed by atoms with Gasteiger partial charge < -0.3 is 0 Å². The number of thiazole rings is 1. The molecule has 0 atom stereocenters. The van der Waals surface area contributed by atoms with Gasteiger partial charge in [0.05, 0.1) is 26.4 Å². The molecule has 2 heterocycles. The molecule has 0 bridgehead atoms. The first-order chi connectivity index (χ1) is 16.5. The molecular weight excluding hydrogens is 446 g/mol. The number of fused-ring (bicyclic) bond motifs is 2. The highest BCUT2D eigenvalue weighted by atomic mass is 32.1. The summed E-state index contributed by atoms with van der Waals surface area (Å²) in [5, 5.41) is 2.10. The minimum absolute atomic E-state index is 0.285. The van der Waals surface area contributed by atoms with Crippen LogP contribution in [0.1, 0.15) is 82.6 Å². The van der Waals surface area contributed by atoms with Gasteiger partial charge in [-0.15, -0.1) is 11.3 Å². The Bertz CT molecular complexity index is 1360. The molecule has 184 valence electrons. The summed E-state index contributed by atoms with van der Waals surface area (Å²) >= 11 is 1.71. The van der Waals surface area contributed by atoms with Crippen molar-refractivity contribution in [3.05, 3.63) is 99.1 Å². The number of nitrogens with zero attached hydrogens (tertiary/aromatic N) is 3. The Morgan fingerprint density at radius 2 is 1.34 bits per heavy atom. The first kappa shape index (κ1) is 26.7. The van der Waals surface area contributed by atoms with Gasteiger partial charge in [0.2, 0.25) is 0 Å². The molecule has 0 N–H and O–H groups in total. The monoisotopic (exact) mass is 485 g/mol. The molecule has 1 aromatic heterocycles. The SMILES string of the molecule is CC(C)c1ccc2c(c1)=NCN=2.CC(C)c1ccc2ncsc2c1.Cc1ccc(C(C)(C)C)cc1. The van der Waals surface area contributed by atoms with E-state index in [4.69, 9.17) is 0 Å². The molecule has 3 nitrogen and oxygen atoms in total. The highest BCUT2D eigenvalue weighted by molar-refractivity contribution is 7.16. The average molecular weight is 486 g/mol. The molecule has 3 aromatic carbocycles. The van der Waals surface area contributed by atoms with Crippen LogP contribution in [0.15, 0.2) is 76.2 Å². The molecule has 0 unspecified atom stereocenters. The van der Waals surface area contributed by atoms with Gasteiger partial charge in [0, 0.05) is 0 Å². The van der Waals surface area contributed by atoms with Crippen LogP contribution in [0.25, 0.3) is 10.2 Å². The average Bonchev–Trinajstić information content (AvgIpc) is 3.47. The van der Waals surface area contributed by atoms with Crippen LogP contribution in [0.2, 0.25) is 0 Å². The van der Waals surface area contributed by atoms with Gasteiger partial charge in [-0.1, -0.05) is 90.4 Å². The number of hydrogen-bond donors (Lipinski definition) is 0. The van der Waals surface area contributed by atoms with Crippen LogP contribution in [0.5, 0.6) is 0 Å². The summed E-state index contributed by atoms with van der Waals surface area (Å²) in [6, 6.07) is 21.6. The summed E-state index contributed by atoms with van der Waals surface area (Å²) in [6.45, 7) is 18.2. The quantitative estimate of drug-likeness (QED) is 0.286. The van der Waals surface area contributed by atoms with Crippen molar-refractivity contribution in [2.24, 2.45) is 9.98 Å². The van der Waals surface area contributed by atoms with Crippen molar-refractivity contribution < 1.29 is 0 Å². The molecule has 4 aromatic rings. The largest absolute Gasteiger partial charge is 0.260 e. The smallest absolute Gasteiger partial charge is 0.130 e. The number of aromatic nitrogens is 1. The number of benzene rings is 3. The third kappa shape index (κ3) is 7.57. The summed E-state index contributed by atoms with van der Waals surface area (Å²) in [6.07, 6.45) is 0. The first-order valence-corrected chi connectivity index (χ1v) is 13.3. The van der Waals surface area contributed by atoms with Crippen LogP contribution >= 0.6 is 11.3 Å². The van der Waals surface area contributed by atoms with Crippen molar-refractivity contribution in [1.82, 2.24) is 4.98 Å². The molecule has 0 saturated heterocycles. The predicted molar refractivity (Wildman–Crippen MR) is 151 cm³/mol. The lowest BCUT2D eigenvalue weighted by atomic mass is 9.87. The fourth-order valence-corrected chi connectivity index (χ4v) is 4.36. The standard InChI is InChI=1S/C11H16.C10H12N2.C10H11NS/c1-9-5-7-10(8-6-9)11(2,3)4;2*1-7(2)8-3-4-9-10(5-8)12-6-11-9/h5-8H,1-4H3;3-5,7H,6H2,1-2H3;3-7H,1-2H3. The molecule has 1 aliphatic rings. The zero-order chi connectivity index (χ0) is 25.6. The van der Waals surface area contributed by atoms with Gasteiger partial charge in [-0.2, -0.15) is 0 Å². The maximum atomic E-state index is 4.28. The summed E-state index contributed by atoms with van der Waals surface area (Å²) in [4.78, 5) is 12.7. The zero-order valence-electron chi connectivity index (χ0n) is 22.5. The predicted octanol–water partition coefficient (Wildman–Crippen LogP) is 7.73. The van der Waals surface area contributed by atoms with Gasteiger partial charge >= 0.3 is 0 Å². The second-order valence-corrected chi connectivity index (χ2v) is 11.6. The maximum absolute atomic E-state index is 4.28. The zero-order valence-corrected chi connectivity index (χ0v) is 23.3. The van der Waals surface area contributed by atoms with Crippen LogP contribution in [-0.4, -0.2) is 11.7 Å². The summed E-state index contributed by atoms with van der Waals surface area (Å²) in [7, 11) is 0. The van der Waals surface area contributed by atoms with E-state index >= 15 is 0 Å². The van der Waals surface area contributed by atoms with Crippen molar-refractivity contribution in [2.75, 3.05) is 6.67 Å². The Labute approximate surface area is 214 Å². The minimum Gasteiger partial charge on any atom is -0.260 e. The van der Waals surface area contributed by atoms with Crippen molar-refractivity contribution in [1.29, 1.82) is 0 Å². The van der Waals surface area contributed by atoms with Crippen LogP contribution in [0.4, 0.5) is 0 Å². The lowest BCUT2D eigenvalue weighted by molar-refractivity contribution is 0.590. The van der Waals surface area contributed by atoms with E-state index in [2.05, 4.69) is 131 Å². The van der Waals surface area contributed by atoms with E-state index in [0.29, 0.717) is 18.5 Å². The Balaban J connectivity index is 0.000000147. The van der Waals surface area contributed by atoms with E-state index in [1.165, 1.54) is 27.0 Å². The van der Waals surface area contributed by atoms with Gasteiger partial charge in [0.25, 0.3) is 0 Å². The normalized spacial score (nSPS) is 12.3. The maximum Gasteiger partial charge on any atom is 0.130 e. The third-order valence-electron chi connectivity index (χ3n) is 6.09. The van der Waals surface area contributed by atoms with Crippen molar-refractivity contribution in [3.63, 3.8) is 0 Å². The first-order valence-electron chi connectivity index (χ1n) is 12.4. The van der Waals surface area contributed by atoms with E-state index in [0.717, 1.165) is 16.2 Å².